The summed E-state index contributed by atoms with van der Waals surface area (Å²) in [5.74, 6) is 0.0715. The normalized spacial score (nSPS) is 16.9. The second-order valence-electron chi connectivity index (χ2n) is 10.6. The molecular weight excluding hydrogens is 576 g/mol. The molecule has 0 saturated carbocycles. The maximum absolute atomic E-state index is 14.3. The van der Waals surface area contributed by atoms with Crippen LogP contribution in [0, 0.1) is 0 Å². The van der Waals surface area contributed by atoms with Gasteiger partial charge in [0.1, 0.15) is 11.4 Å². The van der Waals surface area contributed by atoms with E-state index in [1.54, 1.807) is 13.0 Å². The Morgan fingerprint density at radius 1 is 1.05 bits per heavy atom. The molecule has 2 aliphatic rings. The van der Waals surface area contributed by atoms with Gasteiger partial charge in [0.15, 0.2) is 5.84 Å². The Hall–Kier alpha value is -4.61. The Bertz CT molecular complexity index is 1730. The fourth-order valence-corrected chi connectivity index (χ4v) is 6.84. The molecule has 230 valence electrons. The topological polar surface area (TPSA) is 121 Å². The van der Waals surface area contributed by atoms with Gasteiger partial charge >= 0.3 is 0 Å². The van der Waals surface area contributed by atoms with Gasteiger partial charge in [0, 0.05) is 42.4 Å². The number of rotatable bonds is 9. The molecule has 11 heteroatoms. The van der Waals surface area contributed by atoms with Gasteiger partial charge in [-0.15, -0.1) is 5.10 Å². The number of hydrazone groups is 1. The number of para-hydroxylation sites is 2. The summed E-state index contributed by atoms with van der Waals surface area (Å²) >= 11 is 0. The molecule has 44 heavy (non-hydrogen) atoms. The zero-order valence-corrected chi connectivity index (χ0v) is 26.1. The zero-order valence-electron chi connectivity index (χ0n) is 25.3. The van der Waals surface area contributed by atoms with E-state index < -0.39 is 15.9 Å². The predicted molar refractivity (Wildman–Crippen MR) is 173 cm³/mol. The third kappa shape index (κ3) is 6.06. The average molecular weight is 615 g/mol. The van der Waals surface area contributed by atoms with Gasteiger partial charge in [0.25, 0.3) is 5.91 Å². The molecule has 5 rings (SSSR count). The lowest BCUT2D eigenvalue weighted by Gasteiger charge is -2.30. The number of ether oxygens (including phenoxy) is 1. The van der Waals surface area contributed by atoms with Crippen molar-refractivity contribution in [3.63, 3.8) is 0 Å². The largest absolute Gasteiger partial charge is 0.493 e. The average Bonchev–Trinajstić information content (AvgIpc) is 3.22. The Labute approximate surface area is 259 Å². The van der Waals surface area contributed by atoms with Crippen LogP contribution in [-0.2, 0) is 21.4 Å². The van der Waals surface area contributed by atoms with Crippen LogP contribution in [0.3, 0.4) is 0 Å². The molecule has 0 unspecified atom stereocenters. The molecule has 0 radical (unpaired) electrons. The van der Waals surface area contributed by atoms with Gasteiger partial charge in [0.05, 0.1) is 17.1 Å². The number of amides is 1. The van der Waals surface area contributed by atoms with Crippen molar-refractivity contribution in [3.8, 4) is 5.75 Å². The van der Waals surface area contributed by atoms with Crippen LogP contribution in [-0.4, -0.2) is 49.2 Å². The SMILES string of the molecule is C=C(CCC)N1N=C(c2cc(S(=O)(=O)N3CCN(c4ccccc4)c4ccccc4C3)ccc2OCC)NC(=O)/C1=C(\C)N. The molecule has 0 atom stereocenters. The van der Waals surface area contributed by atoms with Crippen molar-refractivity contribution in [2.45, 2.75) is 45.1 Å². The van der Waals surface area contributed by atoms with Crippen LogP contribution in [0.15, 0.2) is 106 Å². The second kappa shape index (κ2) is 12.9. The van der Waals surface area contributed by atoms with Crippen LogP contribution >= 0.6 is 0 Å². The quantitative estimate of drug-likeness (QED) is 0.325. The number of nitrogens with two attached hydrogens (primary N) is 1. The third-order valence-electron chi connectivity index (χ3n) is 7.48. The molecule has 0 aliphatic carbocycles. The Balaban J connectivity index is 1.55. The van der Waals surface area contributed by atoms with E-state index in [0.717, 1.165) is 23.4 Å². The van der Waals surface area contributed by atoms with Gasteiger partial charge in [-0.1, -0.05) is 56.3 Å². The summed E-state index contributed by atoms with van der Waals surface area (Å²) in [5.41, 5.74) is 10.3. The van der Waals surface area contributed by atoms with E-state index in [1.165, 1.54) is 21.4 Å². The van der Waals surface area contributed by atoms with Crippen LogP contribution in [0.2, 0.25) is 0 Å². The number of hydrogen-bond acceptors (Lipinski definition) is 8. The molecule has 2 heterocycles. The lowest BCUT2D eigenvalue weighted by molar-refractivity contribution is -0.118. The standard InChI is InChI=1S/C33H38N6O4S/c1-5-12-23(3)39-31(24(4)34)33(40)35-32(36-39)28-21-27(17-18-30(28)43-6-2)44(41,42)37-19-20-38(26-14-8-7-9-15-26)29-16-11-10-13-25(29)22-37/h7-11,13-18,21H,3,5-6,12,19-20,22,34H2,1-2,4H3,(H,35,36,40)/b31-24-. The number of sulfonamides is 1. The van der Waals surface area contributed by atoms with Crippen molar-refractivity contribution >= 4 is 33.1 Å². The summed E-state index contributed by atoms with van der Waals surface area (Å²) in [7, 11) is -3.98. The number of amidine groups is 1. The van der Waals surface area contributed by atoms with Crippen LogP contribution in [0.25, 0.3) is 0 Å². The van der Waals surface area contributed by atoms with E-state index in [1.807, 2.05) is 68.4 Å². The molecule has 2 aliphatic heterocycles. The summed E-state index contributed by atoms with van der Waals surface area (Å²) in [6.45, 7) is 10.8. The second-order valence-corrected chi connectivity index (χ2v) is 12.5. The Morgan fingerprint density at radius 2 is 1.77 bits per heavy atom. The van der Waals surface area contributed by atoms with Crippen molar-refractivity contribution in [2.24, 2.45) is 10.8 Å². The van der Waals surface area contributed by atoms with Crippen molar-refractivity contribution in [1.82, 2.24) is 14.6 Å². The van der Waals surface area contributed by atoms with Gasteiger partial charge in [-0.05, 0) is 62.2 Å². The van der Waals surface area contributed by atoms with Gasteiger partial charge in [-0.25, -0.2) is 13.4 Å². The number of nitrogens with one attached hydrogen (secondary N) is 1. The van der Waals surface area contributed by atoms with E-state index in [2.05, 4.69) is 21.9 Å². The summed E-state index contributed by atoms with van der Waals surface area (Å²) in [6, 6.07) is 22.4. The van der Waals surface area contributed by atoms with Gasteiger partial charge in [-0.3, -0.25) is 4.79 Å². The van der Waals surface area contributed by atoms with Gasteiger partial charge < -0.3 is 20.7 Å². The van der Waals surface area contributed by atoms with Crippen molar-refractivity contribution < 1.29 is 17.9 Å². The number of anilines is 2. The molecule has 3 N–H and O–H groups in total. The summed E-state index contributed by atoms with van der Waals surface area (Å²) < 4.78 is 35.9. The number of nitrogens with zero attached hydrogens (tertiary/aromatic N) is 4. The number of fused-ring (bicyclic) bond motifs is 1. The van der Waals surface area contributed by atoms with Crippen LogP contribution in [0.5, 0.6) is 5.75 Å². The van der Waals surface area contributed by atoms with E-state index >= 15 is 0 Å². The van der Waals surface area contributed by atoms with Crippen LogP contribution in [0.4, 0.5) is 11.4 Å². The molecule has 0 aromatic heterocycles. The van der Waals surface area contributed by atoms with Gasteiger partial charge in [-0.2, -0.15) is 4.31 Å². The number of benzene rings is 3. The molecule has 0 bridgehead atoms. The minimum absolute atomic E-state index is 0.0637. The highest BCUT2D eigenvalue weighted by Crippen LogP contribution is 2.34. The molecule has 3 aromatic carbocycles. The molecule has 0 spiro atoms. The minimum Gasteiger partial charge on any atom is -0.493 e. The van der Waals surface area contributed by atoms with Crippen LogP contribution < -0.4 is 20.7 Å². The highest BCUT2D eigenvalue weighted by Gasteiger charge is 2.33. The molecule has 0 saturated heterocycles. The summed E-state index contributed by atoms with van der Waals surface area (Å²) in [5, 5.41) is 8.90. The van der Waals surface area contributed by atoms with E-state index in [-0.39, 0.29) is 35.2 Å². The number of hydrogen-bond donors (Lipinski definition) is 2. The predicted octanol–water partition coefficient (Wildman–Crippen LogP) is 5.03. The molecular formula is C33H38N6O4S. The molecule has 0 fully saturated rings. The Kier molecular flexibility index (Phi) is 9.07. The number of carbonyl (C=O) groups is 1. The fourth-order valence-electron chi connectivity index (χ4n) is 5.40. The number of allylic oxidation sites excluding steroid dienone is 2. The first-order valence-electron chi connectivity index (χ1n) is 14.7. The van der Waals surface area contributed by atoms with Crippen molar-refractivity contribution in [3.05, 3.63) is 108 Å². The smallest absolute Gasteiger partial charge is 0.277 e. The van der Waals surface area contributed by atoms with E-state index in [4.69, 9.17) is 10.5 Å². The summed E-state index contributed by atoms with van der Waals surface area (Å²) in [6.07, 6.45) is 1.38. The van der Waals surface area contributed by atoms with Crippen molar-refractivity contribution in [1.29, 1.82) is 0 Å². The monoisotopic (exact) mass is 614 g/mol. The highest BCUT2D eigenvalue weighted by atomic mass is 32.2. The zero-order chi connectivity index (χ0) is 31.4. The highest BCUT2D eigenvalue weighted by molar-refractivity contribution is 7.89. The van der Waals surface area contributed by atoms with Crippen LogP contribution in [0.1, 0.15) is 44.7 Å². The van der Waals surface area contributed by atoms with E-state index in [9.17, 15) is 13.2 Å². The third-order valence-corrected chi connectivity index (χ3v) is 9.33. The maximum atomic E-state index is 14.3. The fraction of sp³-hybridized carbons (Fsp3) is 0.273. The number of carbonyl (C=O) groups excluding carboxylic acids is 1. The minimum atomic E-state index is -3.98. The summed E-state index contributed by atoms with van der Waals surface area (Å²) in [4.78, 5) is 15.5. The lowest BCUT2D eigenvalue weighted by Crippen LogP contribution is -2.44. The first-order valence-corrected chi connectivity index (χ1v) is 16.1. The molecule has 3 aromatic rings. The van der Waals surface area contributed by atoms with E-state index in [0.29, 0.717) is 36.6 Å². The molecule has 10 nitrogen and oxygen atoms in total. The van der Waals surface area contributed by atoms with Crippen molar-refractivity contribution in [2.75, 3.05) is 24.6 Å². The first kappa shape index (κ1) is 30.8. The lowest BCUT2D eigenvalue weighted by atomic mass is 10.1. The molecule has 1 amide bonds. The maximum Gasteiger partial charge on any atom is 0.277 e. The Morgan fingerprint density at radius 3 is 2.48 bits per heavy atom. The van der Waals surface area contributed by atoms with Gasteiger partial charge in [0.2, 0.25) is 10.0 Å². The first-order chi connectivity index (χ1) is 21.1.